The first-order valence-corrected chi connectivity index (χ1v) is 7.35. The highest BCUT2D eigenvalue weighted by Gasteiger charge is 2.25. The summed E-state index contributed by atoms with van der Waals surface area (Å²) >= 11 is 0. The predicted octanol–water partition coefficient (Wildman–Crippen LogP) is 2.24. The van der Waals surface area contributed by atoms with Crippen molar-refractivity contribution in [1.82, 2.24) is 10.2 Å². The first kappa shape index (κ1) is 19.4. The Morgan fingerprint density at radius 2 is 2.15 bits per heavy atom. The van der Waals surface area contributed by atoms with Gasteiger partial charge in [-0.1, -0.05) is 6.08 Å². The predicted molar refractivity (Wildman–Crippen MR) is 85.3 cm³/mol. The highest BCUT2D eigenvalue weighted by molar-refractivity contribution is 5.85. The molecule has 0 aromatic carbocycles. The van der Waals surface area contributed by atoms with Gasteiger partial charge in [0.05, 0.1) is 6.61 Å². The number of halogens is 1. The van der Waals surface area contributed by atoms with E-state index in [-0.39, 0.29) is 24.4 Å². The third-order valence-corrected chi connectivity index (χ3v) is 3.77. The molecule has 1 rings (SSSR count). The molecule has 1 aliphatic rings. The first-order chi connectivity index (χ1) is 9.19. The molecule has 0 aromatic rings. The number of piperidine rings is 1. The minimum absolute atomic E-state index is 0. The van der Waals surface area contributed by atoms with Gasteiger partial charge in [0.15, 0.2) is 0 Å². The first-order valence-electron chi connectivity index (χ1n) is 7.35. The maximum Gasteiger partial charge on any atom is 0.251 e. The number of nitrogens with zero attached hydrogens (tertiary/aromatic N) is 1. The van der Waals surface area contributed by atoms with E-state index in [1.165, 1.54) is 6.42 Å². The molecule has 0 radical (unpaired) electrons. The number of hydrogen-bond donors (Lipinski definition) is 1. The number of nitrogens with one attached hydrogen (secondary N) is 1. The van der Waals surface area contributed by atoms with Crippen LogP contribution in [-0.4, -0.2) is 50.2 Å². The van der Waals surface area contributed by atoms with Gasteiger partial charge in [-0.25, -0.2) is 0 Å². The molecule has 1 fully saturated rings. The topological polar surface area (TPSA) is 41.6 Å². The molecule has 1 unspecified atom stereocenters. The maximum absolute atomic E-state index is 12.2. The Morgan fingerprint density at radius 1 is 1.50 bits per heavy atom. The molecule has 1 atom stereocenters. The number of rotatable bonds is 8. The Labute approximate surface area is 129 Å². The van der Waals surface area contributed by atoms with Gasteiger partial charge in [0.1, 0.15) is 6.10 Å². The van der Waals surface area contributed by atoms with Crippen molar-refractivity contribution in [2.24, 2.45) is 5.92 Å². The van der Waals surface area contributed by atoms with Crippen LogP contribution in [0.5, 0.6) is 0 Å². The van der Waals surface area contributed by atoms with E-state index >= 15 is 0 Å². The summed E-state index contributed by atoms with van der Waals surface area (Å²) in [4.78, 5) is 14.1. The maximum atomic E-state index is 12.2. The van der Waals surface area contributed by atoms with Crippen molar-refractivity contribution in [3.8, 4) is 0 Å². The molecule has 0 aliphatic carbocycles. The summed E-state index contributed by atoms with van der Waals surface area (Å²) in [5, 5.41) is 3.19. The fraction of sp³-hybridized carbons (Fsp3) is 0.800. The van der Waals surface area contributed by atoms with E-state index in [0.717, 1.165) is 44.8 Å². The molecule has 0 spiro atoms. The van der Waals surface area contributed by atoms with Crippen LogP contribution in [0.3, 0.4) is 0 Å². The smallest absolute Gasteiger partial charge is 0.251 e. The number of ether oxygens (including phenoxy) is 1. The summed E-state index contributed by atoms with van der Waals surface area (Å²) < 4.78 is 5.52. The molecule has 0 bridgehead atoms. The molecule has 20 heavy (non-hydrogen) atoms. The van der Waals surface area contributed by atoms with Gasteiger partial charge in [0.25, 0.3) is 5.91 Å². The van der Waals surface area contributed by atoms with Crippen LogP contribution in [0.25, 0.3) is 0 Å². The fourth-order valence-corrected chi connectivity index (χ4v) is 2.45. The van der Waals surface area contributed by atoms with E-state index in [4.69, 9.17) is 4.74 Å². The van der Waals surface area contributed by atoms with Gasteiger partial charge in [-0.3, -0.25) is 4.79 Å². The molecule has 4 nitrogen and oxygen atoms in total. The normalized spacial score (nSPS) is 17.4. The molecule has 0 aromatic heterocycles. The zero-order valence-electron chi connectivity index (χ0n) is 12.8. The molecule has 0 saturated carbocycles. The van der Waals surface area contributed by atoms with Gasteiger partial charge < -0.3 is 15.0 Å². The standard InChI is InChI=1S/C15H28N2O2.ClH/c1-4-5-12-19-13(2)15(18)17-10-7-14(8-11-17)6-9-16-3;/h4,13-14,16H,1,5-12H2,2-3H3;1H. The summed E-state index contributed by atoms with van der Waals surface area (Å²) in [7, 11) is 1.99. The molecular weight excluding hydrogens is 276 g/mol. The van der Waals surface area contributed by atoms with Crippen LogP contribution in [0.15, 0.2) is 12.7 Å². The van der Waals surface area contributed by atoms with E-state index in [1.807, 2.05) is 24.9 Å². The Morgan fingerprint density at radius 3 is 2.70 bits per heavy atom. The van der Waals surface area contributed by atoms with Gasteiger partial charge in [0.2, 0.25) is 0 Å². The molecule has 1 heterocycles. The second kappa shape index (κ2) is 11.1. The van der Waals surface area contributed by atoms with Gasteiger partial charge >= 0.3 is 0 Å². The summed E-state index contributed by atoms with van der Waals surface area (Å²) in [5.74, 6) is 0.893. The molecule has 5 heteroatoms. The summed E-state index contributed by atoms with van der Waals surface area (Å²) in [6.45, 7) is 8.89. The summed E-state index contributed by atoms with van der Waals surface area (Å²) in [5.41, 5.74) is 0. The zero-order valence-corrected chi connectivity index (χ0v) is 13.6. The largest absolute Gasteiger partial charge is 0.368 e. The highest BCUT2D eigenvalue weighted by atomic mass is 35.5. The summed E-state index contributed by atoms with van der Waals surface area (Å²) in [6.07, 6.45) is 5.73. The van der Waals surface area contributed by atoms with Crippen LogP contribution >= 0.6 is 12.4 Å². The van der Waals surface area contributed by atoms with E-state index < -0.39 is 0 Å². The average Bonchev–Trinajstić information content (AvgIpc) is 2.45. The summed E-state index contributed by atoms with van der Waals surface area (Å²) in [6, 6.07) is 0. The van der Waals surface area contributed by atoms with E-state index in [2.05, 4.69) is 11.9 Å². The monoisotopic (exact) mass is 304 g/mol. The third kappa shape index (κ3) is 6.73. The van der Waals surface area contributed by atoms with E-state index in [0.29, 0.717) is 6.61 Å². The SMILES string of the molecule is C=CCCOC(C)C(=O)N1CCC(CCNC)CC1.Cl. The highest BCUT2D eigenvalue weighted by Crippen LogP contribution is 2.20. The van der Waals surface area contributed by atoms with Gasteiger partial charge in [-0.05, 0) is 52.1 Å². The minimum Gasteiger partial charge on any atom is -0.368 e. The average molecular weight is 305 g/mol. The zero-order chi connectivity index (χ0) is 14.1. The lowest BCUT2D eigenvalue weighted by atomic mass is 9.93. The van der Waals surface area contributed by atoms with Crippen molar-refractivity contribution >= 4 is 18.3 Å². The molecule has 1 aliphatic heterocycles. The second-order valence-corrected chi connectivity index (χ2v) is 5.25. The number of carbonyl (C=O) groups excluding carboxylic acids is 1. The van der Waals surface area contributed by atoms with Crippen molar-refractivity contribution in [3.05, 3.63) is 12.7 Å². The Balaban J connectivity index is 0.00000361. The lowest BCUT2D eigenvalue weighted by Gasteiger charge is -2.33. The van der Waals surface area contributed by atoms with Crippen molar-refractivity contribution < 1.29 is 9.53 Å². The molecule has 1 saturated heterocycles. The molecular formula is C15H29ClN2O2. The van der Waals surface area contributed by atoms with Crippen LogP contribution in [0.1, 0.15) is 32.6 Å². The molecule has 1 N–H and O–H groups in total. The van der Waals surface area contributed by atoms with Gasteiger partial charge in [0, 0.05) is 13.1 Å². The van der Waals surface area contributed by atoms with Gasteiger partial charge in [-0.2, -0.15) is 0 Å². The van der Waals surface area contributed by atoms with E-state index in [1.54, 1.807) is 0 Å². The lowest BCUT2D eigenvalue weighted by molar-refractivity contribution is -0.144. The second-order valence-electron chi connectivity index (χ2n) is 5.25. The van der Waals surface area contributed by atoms with Crippen LogP contribution < -0.4 is 5.32 Å². The Bertz CT molecular complexity index is 279. The molecule has 118 valence electrons. The van der Waals surface area contributed by atoms with Crippen LogP contribution in [-0.2, 0) is 9.53 Å². The fourth-order valence-electron chi connectivity index (χ4n) is 2.45. The number of amides is 1. The number of likely N-dealkylation sites (tertiary alicyclic amines) is 1. The van der Waals surface area contributed by atoms with Crippen molar-refractivity contribution in [2.75, 3.05) is 33.3 Å². The molecule has 1 amide bonds. The number of hydrogen-bond acceptors (Lipinski definition) is 3. The van der Waals surface area contributed by atoms with Crippen LogP contribution in [0.2, 0.25) is 0 Å². The Hall–Kier alpha value is -0.580. The Kier molecular flexibility index (Phi) is 10.8. The van der Waals surface area contributed by atoms with Crippen molar-refractivity contribution in [3.63, 3.8) is 0 Å². The quantitative estimate of drug-likeness (QED) is 0.552. The van der Waals surface area contributed by atoms with Gasteiger partial charge in [-0.15, -0.1) is 19.0 Å². The number of carbonyl (C=O) groups is 1. The third-order valence-electron chi connectivity index (χ3n) is 3.77. The van der Waals surface area contributed by atoms with Crippen LogP contribution in [0, 0.1) is 5.92 Å². The minimum atomic E-state index is -0.325. The van der Waals surface area contributed by atoms with E-state index in [9.17, 15) is 4.79 Å². The van der Waals surface area contributed by atoms with Crippen molar-refractivity contribution in [1.29, 1.82) is 0 Å². The van der Waals surface area contributed by atoms with Crippen molar-refractivity contribution in [2.45, 2.75) is 38.7 Å². The van der Waals surface area contributed by atoms with Crippen LogP contribution in [0.4, 0.5) is 0 Å². The lowest BCUT2D eigenvalue weighted by Crippen LogP contribution is -2.44.